The monoisotopic (exact) mass is 403 g/mol. The Kier molecular flexibility index (Phi) is 5.31. The van der Waals surface area contributed by atoms with E-state index in [0.717, 1.165) is 16.9 Å². The third kappa shape index (κ3) is 3.66. The van der Waals surface area contributed by atoms with Crippen molar-refractivity contribution in [1.82, 2.24) is 10.2 Å². The van der Waals surface area contributed by atoms with E-state index >= 15 is 0 Å². The van der Waals surface area contributed by atoms with E-state index in [9.17, 15) is 33.9 Å². The molecular formula is C18H17N3O8. The molecule has 11 nitrogen and oxygen atoms in total. The van der Waals surface area contributed by atoms with Gasteiger partial charge in [0, 0.05) is 6.42 Å². The van der Waals surface area contributed by atoms with Crippen molar-refractivity contribution in [2.75, 3.05) is 25.1 Å². The number of nitrogens with one attached hydrogen (secondary N) is 1. The molecule has 4 amide bonds. The molecule has 0 aromatic heterocycles. The number of ether oxygens (including phenoxy) is 1. The van der Waals surface area contributed by atoms with Crippen molar-refractivity contribution in [3.63, 3.8) is 0 Å². The Morgan fingerprint density at radius 2 is 1.93 bits per heavy atom. The predicted octanol–water partition coefficient (Wildman–Crippen LogP) is -0.848. The number of piperidine rings is 1. The second kappa shape index (κ2) is 7.70. The lowest BCUT2D eigenvalue weighted by Gasteiger charge is -2.28. The van der Waals surface area contributed by atoms with Gasteiger partial charge < -0.3 is 14.7 Å². The molecular weight excluding hydrogens is 386 g/mol. The van der Waals surface area contributed by atoms with Crippen LogP contribution in [0.1, 0.15) is 33.6 Å². The Bertz CT molecular complexity index is 941. The first-order valence-electron chi connectivity index (χ1n) is 8.62. The highest BCUT2D eigenvalue weighted by atomic mass is 16.5. The van der Waals surface area contributed by atoms with Crippen molar-refractivity contribution in [3.05, 3.63) is 29.3 Å². The number of hydrogen-bond acceptors (Lipinski definition) is 8. The number of esters is 1. The Morgan fingerprint density at radius 1 is 1.21 bits per heavy atom. The Hall–Kier alpha value is -3.76. The first kappa shape index (κ1) is 20.0. The van der Waals surface area contributed by atoms with Crippen LogP contribution in [0, 0.1) is 0 Å². The van der Waals surface area contributed by atoms with Crippen molar-refractivity contribution in [2.24, 2.45) is 0 Å². The lowest BCUT2D eigenvalue weighted by atomic mass is 10.0. The maximum Gasteiger partial charge on any atom is 0.325 e. The average Bonchev–Trinajstić information content (AvgIpc) is 2.92. The maximum atomic E-state index is 13.0. The van der Waals surface area contributed by atoms with Crippen molar-refractivity contribution >= 4 is 41.3 Å². The molecule has 1 unspecified atom stereocenters. The van der Waals surface area contributed by atoms with Crippen LogP contribution in [0.5, 0.6) is 0 Å². The molecule has 0 bridgehead atoms. The van der Waals surface area contributed by atoms with E-state index < -0.39 is 54.7 Å². The largest absolute Gasteiger partial charge is 0.480 e. The number of carbonyl (C=O) groups excluding carboxylic acids is 5. The van der Waals surface area contributed by atoms with Crippen LogP contribution >= 0.6 is 0 Å². The zero-order valence-corrected chi connectivity index (χ0v) is 15.3. The van der Waals surface area contributed by atoms with Crippen LogP contribution in [-0.4, -0.2) is 71.8 Å². The third-order valence-electron chi connectivity index (χ3n) is 4.66. The van der Waals surface area contributed by atoms with Gasteiger partial charge in [-0.1, -0.05) is 6.07 Å². The molecule has 2 N–H and O–H groups in total. The maximum absolute atomic E-state index is 13.0. The summed E-state index contributed by atoms with van der Waals surface area (Å²) < 4.78 is 4.57. The minimum Gasteiger partial charge on any atom is -0.480 e. The van der Waals surface area contributed by atoms with E-state index in [2.05, 4.69) is 10.1 Å². The summed E-state index contributed by atoms with van der Waals surface area (Å²) in [6.45, 7) is -1.08. The van der Waals surface area contributed by atoms with Gasteiger partial charge in [-0.25, -0.2) is 0 Å². The van der Waals surface area contributed by atoms with Crippen LogP contribution < -0.4 is 10.2 Å². The van der Waals surface area contributed by atoms with E-state index in [-0.39, 0.29) is 29.7 Å². The van der Waals surface area contributed by atoms with Crippen molar-refractivity contribution in [1.29, 1.82) is 0 Å². The average molecular weight is 403 g/mol. The van der Waals surface area contributed by atoms with Gasteiger partial charge in [0.25, 0.3) is 11.8 Å². The number of carboxylic acids is 1. The number of fused-ring (bicyclic) bond motifs is 1. The Balaban J connectivity index is 2.01. The SMILES string of the molecule is COC(=O)CN(CC(=O)O)c1cccc2c1C(=O)N(C1CCC(=O)NC1=O)C2=O. The Labute approximate surface area is 164 Å². The van der Waals surface area contributed by atoms with Gasteiger partial charge in [-0.2, -0.15) is 0 Å². The molecule has 0 aliphatic carbocycles. The van der Waals surface area contributed by atoms with Gasteiger partial charge >= 0.3 is 11.9 Å². The number of methoxy groups -OCH3 is 1. The molecule has 2 aliphatic rings. The molecule has 29 heavy (non-hydrogen) atoms. The summed E-state index contributed by atoms with van der Waals surface area (Å²) in [5, 5.41) is 11.3. The fourth-order valence-electron chi connectivity index (χ4n) is 3.37. The van der Waals surface area contributed by atoms with E-state index in [1.165, 1.54) is 18.2 Å². The highest BCUT2D eigenvalue weighted by Gasteiger charge is 2.46. The molecule has 0 spiro atoms. The standard InChI is InChI=1S/C18H17N3O8/c1-29-14(25)8-20(7-13(23)24)10-4-2-3-9-15(10)18(28)21(17(9)27)11-5-6-12(22)19-16(11)26/h2-4,11H,5-8H2,1H3,(H,23,24)(H,19,22,26). The highest BCUT2D eigenvalue weighted by Crippen LogP contribution is 2.34. The zero-order valence-electron chi connectivity index (χ0n) is 15.3. The van der Waals surface area contributed by atoms with E-state index in [4.69, 9.17) is 0 Å². The predicted molar refractivity (Wildman–Crippen MR) is 95.0 cm³/mol. The topological polar surface area (TPSA) is 150 Å². The number of carboxylic acid groups (broad SMARTS) is 1. The molecule has 11 heteroatoms. The summed E-state index contributed by atoms with van der Waals surface area (Å²) in [6.07, 6.45) is -0.0311. The lowest BCUT2D eigenvalue weighted by molar-refractivity contribution is -0.139. The minimum atomic E-state index is -1.26. The van der Waals surface area contributed by atoms with Crippen LogP contribution in [0.4, 0.5) is 5.69 Å². The summed E-state index contributed by atoms with van der Waals surface area (Å²) >= 11 is 0. The van der Waals surface area contributed by atoms with E-state index in [1.807, 2.05) is 0 Å². The van der Waals surface area contributed by atoms with Gasteiger partial charge in [-0.05, 0) is 18.6 Å². The molecule has 3 rings (SSSR count). The Morgan fingerprint density at radius 3 is 2.55 bits per heavy atom. The number of amides is 4. The smallest absolute Gasteiger partial charge is 0.325 e. The fraction of sp³-hybridized carbons (Fsp3) is 0.333. The van der Waals surface area contributed by atoms with Gasteiger partial charge in [0.15, 0.2) is 0 Å². The third-order valence-corrected chi connectivity index (χ3v) is 4.66. The molecule has 2 heterocycles. The van der Waals surface area contributed by atoms with E-state index in [0.29, 0.717) is 0 Å². The molecule has 0 radical (unpaired) electrons. The normalized spacial score (nSPS) is 18.4. The number of aliphatic carboxylic acids is 1. The molecule has 2 aliphatic heterocycles. The van der Waals surface area contributed by atoms with Gasteiger partial charge in [0.05, 0.1) is 23.9 Å². The molecule has 1 saturated heterocycles. The highest BCUT2D eigenvalue weighted by molar-refractivity contribution is 6.25. The first-order chi connectivity index (χ1) is 13.7. The van der Waals surface area contributed by atoms with Gasteiger partial charge in [-0.15, -0.1) is 0 Å². The van der Waals surface area contributed by atoms with Crippen molar-refractivity contribution in [3.8, 4) is 0 Å². The molecule has 1 aromatic rings. The first-order valence-corrected chi connectivity index (χ1v) is 8.62. The summed E-state index contributed by atoms with van der Waals surface area (Å²) in [5.74, 6) is -4.76. The van der Waals surface area contributed by atoms with Gasteiger partial charge in [0.1, 0.15) is 19.1 Å². The van der Waals surface area contributed by atoms with Crippen LogP contribution in [0.2, 0.25) is 0 Å². The number of imide groups is 2. The number of hydrogen-bond donors (Lipinski definition) is 2. The quantitative estimate of drug-likeness (QED) is 0.457. The fourth-order valence-corrected chi connectivity index (χ4v) is 3.37. The van der Waals surface area contributed by atoms with Crippen LogP contribution in [0.15, 0.2) is 18.2 Å². The number of carbonyl (C=O) groups is 6. The zero-order chi connectivity index (χ0) is 21.3. The lowest BCUT2D eigenvalue weighted by Crippen LogP contribution is -2.54. The summed E-state index contributed by atoms with van der Waals surface area (Å²) in [6, 6.07) is 3.08. The molecule has 0 saturated carbocycles. The summed E-state index contributed by atoms with van der Waals surface area (Å²) in [4.78, 5) is 74.2. The van der Waals surface area contributed by atoms with Crippen LogP contribution in [0.3, 0.4) is 0 Å². The number of rotatable bonds is 6. The van der Waals surface area contributed by atoms with Gasteiger partial charge in [0.2, 0.25) is 11.8 Å². The summed E-state index contributed by atoms with van der Waals surface area (Å²) in [5.41, 5.74) is -0.0618. The van der Waals surface area contributed by atoms with Crippen LogP contribution in [-0.2, 0) is 23.9 Å². The summed E-state index contributed by atoms with van der Waals surface area (Å²) in [7, 11) is 1.14. The van der Waals surface area contributed by atoms with E-state index in [1.54, 1.807) is 0 Å². The number of nitrogens with zero attached hydrogens (tertiary/aromatic N) is 2. The second-order valence-corrected chi connectivity index (χ2v) is 6.47. The van der Waals surface area contributed by atoms with Gasteiger partial charge in [-0.3, -0.25) is 39.0 Å². The number of anilines is 1. The second-order valence-electron chi connectivity index (χ2n) is 6.47. The minimum absolute atomic E-state index is 0.00747. The number of benzene rings is 1. The van der Waals surface area contributed by atoms with Crippen molar-refractivity contribution in [2.45, 2.75) is 18.9 Å². The molecule has 1 aromatic carbocycles. The molecule has 152 valence electrons. The van der Waals surface area contributed by atoms with Crippen LogP contribution in [0.25, 0.3) is 0 Å². The molecule has 1 fully saturated rings. The van der Waals surface area contributed by atoms with Crippen molar-refractivity contribution < 1.29 is 38.6 Å². The molecule has 1 atom stereocenters.